The van der Waals surface area contributed by atoms with Gasteiger partial charge in [0.25, 0.3) is 0 Å². The molecule has 1 rings (SSSR count). The lowest BCUT2D eigenvalue weighted by molar-refractivity contribution is -0.138. The average Bonchev–Trinajstić information content (AvgIpc) is 2.28. The molecule has 0 bridgehead atoms. The van der Waals surface area contributed by atoms with Crippen molar-refractivity contribution >= 4 is 5.78 Å². The zero-order chi connectivity index (χ0) is 13.9. The third-order valence-electron chi connectivity index (χ3n) is 2.79. The fourth-order valence-electron chi connectivity index (χ4n) is 1.72. The van der Waals surface area contributed by atoms with Crippen molar-refractivity contribution in [2.24, 2.45) is 17.6 Å². The fraction of sp³-hybridized carbons (Fsp3) is 0.500. The number of ketones is 1. The summed E-state index contributed by atoms with van der Waals surface area (Å²) in [7, 11) is 0. The van der Waals surface area contributed by atoms with Crippen LogP contribution in [-0.4, -0.2) is 17.3 Å². The van der Waals surface area contributed by atoms with Crippen LogP contribution in [0.2, 0.25) is 0 Å². The van der Waals surface area contributed by atoms with E-state index in [4.69, 9.17) is 5.73 Å². The molecule has 1 aromatic heterocycles. The molecule has 0 saturated carbocycles. The van der Waals surface area contributed by atoms with Gasteiger partial charge in [-0.1, -0.05) is 13.8 Å². The lowest BCUT2D eigenvalue weighted by Crippen LogP contribution is -2.30. The second kappa shape index (κ2) is 5.48. The summed E-state index contributed by atoms with van der Waals surface area (Å²) in [6.45, 7) is 3.51. The van der Waals surface area contributed by atoms with Crippen molar-refractivity contribution < 1.29 is 18.0 Å². The number of rotatable bonds is 4. The number of pyridine rings is 1. The predicted molar refractivity (Wildman–Crippen MR) is 61.0 cm³/mol. The average molecular weight is 260 g/mol. The standard InChI is InChI=1S/C12H15F3N2O/c1-7(2)8(5-16)11(18)9-6-17-4-3-10(9)12(13,14)15/h3-4,6-8H,5,16H2,1-2H3. The molecule has 0 aliphatic rings. The third kappa shape index (κ3) is 3.07. The zero-order valence-electron chi connectivity index (χ0n) is 10.2. The number of nitrogens with two attached hydrogens (primary N) is 1. The molecule has 1 heterocycles. The molecule has 0 aromatic carbocycles. The van der Waals surface area contributed by atoms with Gasteiger partial charge in [-0.2, -0.15) is 13.2 Å². The van der Waals surface area contributed by atoms with Crippen LogP contribution >= 0.6 is 0 Å². The highest BCUT2D eigenvalue weighted by atomic mass is 19.4. The van der Waals surface area contributed by atoms with Gasteiger partial charge in [-0.05, 0) is 12.0 Å². The molecule has 0 spiro atoms. The molecule has 0 aliphatic heterocycles. The van der Waals surface area contributed by atoms with E-state index in [0.717, 1.165) is 18.5 Å². The van der Waals surface area contributed by atoms with Crippen molar-refractivity contribution in [1.29, 1.82) is 0 Å². The highest BCUT2D eigenvalue weighted by molar-refractivity contribution is 5.99. The van der Waals surface area contributed by atoms with Gasteiger partial charge in [0, 0.05) is 30.4 Å². The monoisotopic (exact) mass is 260 g/mol. The van der Waals surface area contributed by atoms with Gasteiger partial charge in [-0.25, -0.2) is 0 Å². The molecule has 1 unspecified atom stereocenters. The Morgan fingerprint density at radius 3 is 2.50 bits per heavy atom. The number of Topliss-reactive ketones (excluding diaryl/α,β-unsaturated/α-hetero) is 1. The van der Waals surface area contributed by atoms with Crippen molar-refractivity contribution in [1.82, 2.24) is 4.98 Å². The Bertz CT molecular complexity index is 430. The van der Waals surface area contributed by atoms with Crippen LogP contribution in [0.1, 0.15) is 29.8 Å². The zero-order valence-corrected chi connectivity index (χ0v) is 10.2. The van der Waals surface area contributed by atoms with Gasteiger partial charge < -0.3 is 5.73 Å². The number of halogens is 3. The molecule has 2 N–H and O–H groups in total. The second-order valence-corrected chi connectivity index (χ2v) is 4.37. The van der Waals surface area contributed by atoms with Crippen LogP contribution in [-0.2, 0) is 6.18 Å². The van der Waals surface area contributed by atoms with E-state index in [1.807, 2.05) is 0 Å². The number of nitrogens with zero attached hydrogens (tertiary/aromatic N) is 1. The summed E-state index contributed by atoms with van der Waals surface area (Å²) in [6.07, 6.45) is -2.59. The molecule has 18 heavy (non-hydrogen) atoms. The molecule has 3 nitrogen and oxygen atoms in total. The van der Waals surface area contributed by atoms with E-state index in [-0.39, 0.29) is 12.5 Å². The summed E-state index contributed by atoms with van der Waals surface area (Å²) in [4.78, 5) is 15.7. The maximum Gasteiger partial charge on any atom is 0.417 e. The first-order valence-corrected chi connectivity index (χ1v) is 5.54. The lowest BCUT2D eigenvalue weighted by atomic mass is 9.87. The Labute approximate surface area is 103 Å². The van der Waals surface area contributed by atoms with Crippen molar-refractivity contribution in [3.05, 3.63) is 29.6 Å². The van der Waals surface area contributed by atoms with Crippen LogP contribution in [0.5, 0.6) is 0 Å². The quantitative estimate of drug-likeness (QED) is 0.846. The van der Waals surface area contributed by atoms with E-state index in [1.54, 1.807) is 13.8 Å². The minimum absolute atomic E-state index is 0.0166. The van der Waals surface area contributed by atoms with Gasteiger partial charge in [0.1, 0.15) is 0 Å². The van der Waals surface area contributed by atoms with Gasteiger partial charge in [0.05, 0.1) is 5.56 Å². The van der Waals surface area contributed by atoms with E-state index in [1.165, 1.54) is 0 Å². The summed E-state index contributed by atoms with van der Waals surface area (Å²) >= 11 is 0. The van der Waals surface area contributed by atoms with Gasteiger partial charge in [0.2, 0.25) is 0 Å². The number of carbonyl (C=O) groups is 1. The molecular formula is C12H15F3N2O. The molecule has 0 radical (unpaired) electrons. The first-order chi connectivity index (χ1) is 8.29. The molecular weight excluding hydrogens is 245 g/mol. The fourth-order valence-corrected chi connectivity index (χ4v) is 1.72. The molecule has 0 amide bonds. The molecule has 100 valence electrons. The van der Waals surface area contributed by atoms with Gasteiger partial charge in [0.15, 0.2) is 5.78 Å². The van der Waals surface area contributed by atoms with Crippen molar-refractivity contribution in [2.75, 3.05) is 6.54 Å². The SMILES string of the molecule is CC(C)C(CN)C(=O)c1cnccc1C(F)(F)F. The van der Waals surface area contributed by atoms with Crippen LogP contribution in [0.3, 0.4) is 0 Å². The summed E-state index contributed by atoms with van der Waals surface area (Å²) in [5.41, 5.74) is 4.08. The Hall–Kier alpha value is -1.43. The summed E-state index contributed by atoms with van der Waals surface area (Å²) in [6, 6.07) is 0.807. The smallest absolute Gasteiger partial charge is 0.330 e. The van der Waals surface area contributed by atoms with Crippen LogP contribution in [0.25, 0.3) is 0 Å². The van der Waals surface area contributed by atoms with Crippen molar-refractivity contribution in [3.8, 4) is 0 Å². The summed E-state index contributed by atoms with van der Waals surface area (Å²) in [5.74, 6) is -1.35. The van der Waals surface area contributed by atoms with Crippen molar-refractivity contribution in [2.45, 2.75) is 20.0 Å². The summed E-state index contributed by atoms with van der Waals surface area (Å²) in [5, 5.41) is 0. The van der Waals surface area contributed by atoms with Crippen LogP contribution in [0.15, 0.2) is 18.5 Å². The molecule has 1 atom stereocenters. The van der Waals surface area contributed by atoms with E-state index < -0.39 is 29.0 Å². The maximum atomic E-state index is 12.8. The Morgan fingerprint density at radius 2 is 2.06 bits per heavy atom. The number of alkyl halides is 3. The van der Waals surface area contributed by atoms with Gasteiger partial charge in [-0.3, -0.25) is 9.78 Å². The van der Waals surface area contributed by atoms with Gasteiger partial charge in [-0.15, -0.1) is 0 Å². The van der Waals surface area contributed by atoms with Gasteiger partial charge >= 0.3 is 6.18 Å². The van der Waals surface area contributed by atoms with E-state index in [2.05, 4.69) is 4.98 Å². The van der Waals surface area contributed by atoms with Crippen molar-refractivity contribution in [3.63, 3.8) is 0 Å². The first kappa shape index (κ1) is 14.6. The maximum absolute atomic E-state index is 12.8. The minimum atomic E-state index is -4.57. The molecule has 6 heteroatoms. The highest BCUT2D eigenvalue weighted by Crippen LogP contribution is 2.33. The van der Waals surface area contributed by atoms with E-state index >= 15 is 0 Å². The molecule has 0 aliphatic carbocycles. The third-order valence-corrected chi connectivity index (χ3v) is 2.79. The predicted octanol–water partition coefficient (Wildman–Crippen LogP) is 2.51. The minimum Gasteiger partial charge on any atom is -0.330 e. The Morgan fingerprint density at radius 1 is 1.44 bits per heavy atom. The number of hydrogen-bond donors (Lipinski definition) is 1. The van der Waals surface area contributed by atoms with E-state index in [9.17, 15) is 18.0 Å². The number of aromatic nitrogens is 1. The Balaban J connectivity index is 3.21. The van der Waals surface area contributed by atoms with Crippen LogP contribution in [0.4, 0.5) is 13.2 Å². The van der Waals surface area contributed by atoms with Crippen LogP contribution in [0, 0.1) is 11.8 Å². The summed E-state index contributed by atoms with van der Waals surface area (Å²) < 4.78 is 38.3. The topological polar surface area (TPSA) is 56.0 Å². The number of carbonyl (C=O) groups excluding carboxylic acids is 1. The largest absolute Gasteiger partial charge is 0.417 e. The van der Waals surface area contributed by atoms with E-state index in [0.29, 0.717) is 0 Å². The number of hydrogen-bond acceptors (Lipinski definition) is 3. The lowest BCUT2D eigenvalue weighted by Gasteiger charge is -2.19. The second-order valence-electron chi connectivity index (χ2n) is 4.37. The highest BCUT2D eigenvalue weighted by Gasteiger charge is 2.36. The molecule has 0 fully saturated rings. The normalized spacial score (nSPS) is 13.7. The first-order valence-electron chi connectivity index (χ1n) is 5.54. The van der Waals surface area contributed by atoms with Crippen LogP contribution < -0.4 is 5.73 Å². The molecule has 0 saturated heterocycles. The Kier molecular flexibility index (Phi) is 4.45. The molecule has 1 aromatic rings.